The number of rotatable bonds is 5. The molecule has 0 aromatic carbocycles. The SMILES string of the molecule is Cn1cncc1CCNC(=O)c1cc(-c2ccco2)on1. The molecule has 108 valence electrons. The third-order valence-electron chi connectivity index (χ3n) is 3.09. The van der Waals surface area contributed by atoms with Gasteiger partial charge in [0.2, 0.25) is 5.76 Å². The van der Waals surface area contributed by atoms with E-state index in [1.54, 1.807) is 30.7 Å². The predicted octanol–water partition coefficient (Wildman–Crippen LogP) is 1.64. The fourth-order valence-corrected chi connectivity index (χ4v) is 1.94. The summed E-state index contributed by atoms with van der Waals surface area (Å²) in [6.07, 6.45) is 5.73. The van der Waals surface area contributed by atoms with Crippen molar-refractivity contribution in [2.45, 2.75) is 6.42 Å². The molecule has 7 nitrogen and oxygen atoms in total. The number of aryl methyl sites for hydroxylation is 1. The third-order valence-corrected chi connectivity index (χ3v) is 3.09. The van der Waals surface area contributed by atoms with Crippen LogP contribution in [0.25, 0.3) is 11.5 Å². The maximum Gasteiger partial charge on any atom is 0.273 e. The van der Waals surface area contributed by atoms with Crippen molar-refractivity contribution < 1.29 is 13.7 Å². The highest BCUT2D eigenvalue weighted by molar-refractivity contribution is 5.92. The molecule has 1 amide bonds. The second-order valence-electron chi connectivity index (χ2n) is 4.56. The Kier molecular flexibility index (Phi) is 3.55. The van der Waals surface area contributed by atoms with Crippen molar-refractivity contribution in [1.82, 2.24) is 20.0 Å². The van der Waals surface area contributed by atoms with E-state index >= 15 is 0 Å². The molecule has 0 saturated heterocycles. The minimum Gasteiger partial charge on any atom is -0.461 e. The number of hydrogen-bond acceptors (Lipinski definition) is 5. The Morgan fingerprint density at radius 2 is 2.33 bits per heavy atom. The summed E-state index contributed by atoms with van der Waals surface area (Å²) >= 11 is 0. The van der Waals surface area contributed by atoms with Gasteiger partial charge in [-0.2, -0.15) is 0 Å². The van der Waals surface area contributed by atoms with Gasteiger partial charge < -0.3 is 18.8 Å². The van der Waals surface area contributed by atoms with E-state index in [4.69, 9.17) is 8.94 Å². The molecule has 7 heteroatoms. The van der Waals surface area contributed by atoms with E-state index in [1.807, 2.05) is 11.6 Å². The van der Waals surface area contributed by atoms with Crippen molar-refractivity contribution in [2.24, 2.45) is 7.05 Å². The van der Waals surface area contributed by atoms with Gasteiger partial charge in [0.15, 0.2) is 11.5 Å². The first kappa shape index (κ1) is 13.2. The highest BCUT2D eigenvalue weighted by atomic mass is 16.5. The van der Waals surface area contributed by atoms with E-state index in [0.29, 0.717) is 24.5 Å². The number of nitrogens with one attached hydrogen (secondary N) is 1. The topological polar surface area (TPSA) is 86.1 Å². The third kappa shape index (κ3) is 2.86. The van der Waals surface area contributed by atoms with Crippen molar-refractivity contribution >= 4 is 5.91 Å². The zero-order valence-electron chi connectivity index (χ0n) is 11.4. The minimum absolute atomic E-state index is 0.228. The molecule has 3 rings (SSSR count). The Balaban J connectivity index is 1.57. The second kappa shape index (κ2) is 5.66. The molecule has 0 aliphatic heterocycles. The van der Waals surface area contributed by atoms with Gasteiger partial charge in [-0.15, -0.1) is 0 Å². The Bertz CT molecular complexity index is 727. The lowest BCUT2D eigenvalue weighted by Gasteiger charge is -2.03. The first-order valence-corrected chi connectivity index (χ1v) is 6.48. The van der Waals surface area contributed by atoms with Crippen LogP contribution in [-0.2, 0) is 13.5 Å². The molecule has 0 unspecified atom stereocenters. The quantitative estimate of drug-likeness (QED) is 0.770. The summed E-state index contributed by atoms with van der Waals surface area (Å²) in [7, 11) is 1.91. The Morgan fingerprint density at radius 3 is 3.05 bits per heavy atom. The van der Waals surface area contributed by atoms with E-state index in [1.165, 1.54) is 6.26 Å². The fourth-order valence-electron chi connectivity index (χ4n) is 1.94. The van der Waals surface area contributed by atoms with Crippen LogP contribution in [0.5, 0.6) is 0 Å². The monoisotopic (exact) mass is 286 g/mol. The van der Waals surface area contributed by atoms with E-state index in [-0.39, 0.29) is 11.6 Å². The number of amides is 1. The lowest BCUT2D eigenvalue weighted by atomic mass is 10.3. The summed E-state index contributed by atoms with van der Waals surface area (Å²) in [6, 6.07) is 5.04. The maximum atomic E-state index is 12.0. The molecular formula is C14H14N4O3. The average molecular weight is 286 g/mol. The van der Waals surface area contributed by atoms with Gasteiger partial charge in [-0.3, -0.25) is 4.79 Å². The lowest BCUT2D eigenvalue weighted by molar-refractivity contribution is 0.0945. The van der Waals surface area contributed by atoms with Gasteiger partial charge in [0.25, 0.3) is 5.91 Å². The van der Waals surface area contributed by atoms with Crippen molar-refractivity contribution in [3.05, 3.63) is 48.4 Å². The number of nitrogens with zero attached hydrogens (tertiary/aromatic N) is 3. The van der Waals surface area contributed by atoms with Gasteiger partial charge in [-0.05, 0) is 12.1 Å². The van der Waals surface area contributed by atoms with Gasteiger partial charge in [-0.25, -0.2) is 4.98 Å². The minimum atomic E-state index is -0.279. The van der Waals surface area contributed by atoms with E-state index in [2.05, 4.69) is 15.5 Å². The molecule has 0 aliphatic rings. The van der Waals surface area contributed by atoms with Gasteiger partial charge in [-0.1, -0.05) is 5.16 Å². The molecule has 0 atom stereocenters. The number of carbonyl (C=O) groups excluding carboxylic acids is 1. The Morgan fingerprint density at radius 1 is 1.43 bits per heavy atom. The molecule has 3 aromatic heterocycles. The first-order valence-electron chi connectivity index (χ1n) is 6.48. The van der Waals surface area contributed by atoms with Crippen molar-refractivity contribution in [3.63, 3.8) is 0 Å². The van der Waals surface area contributed by atoms with Crippen LogP contribution in [0.1, 0.15) is 16.2 Å². The highest BCUT2D eigenvalue weighted by Gasteiger charge is 2.14. The molecule has 1 N–H and O–H groups in total. The van der Waals surface area contributed by atoms with Crippen LogP contribution in [0.3, 0.4) is 0 Å². The maximum absolute atomic E-state index is 12.0. The van der Waals surface area contributed by atoms with E-state index in [9.17, 15) is 4.79 Å². The van der Waals surface area contributed by atoms with E-state index < -0.39 is 0 Å². The molecule has 3 heterocycles. The molecule has 0 aliphatic carbocycles. The molecule has 0 bridgehead atoms. The van der Waals surface area contributed by atoms with Crippen LogP contribution in [0, 0.1) is 0 Å². The predicted molar refractivity (Wildman–Crippen MR) is 73.5 cm³/mol. The summed E-state index contributed by atoms with van der Waals surface area (Å²) in [5.74, 6) is 0.687. The molecule has 0 radical (unpaired) electrons. The van der Waals surface area contributed by atoms with Crippen LogP contribution < -0.4 is 5.32 Å². The Labute approximate surface area is 120 Å². The number of hydrogen-bond donors (Lipinski definition) is 1. The van der Waals surface area contributed by atoms with Crippen LogP contribution in [0.15, 0.2) is 45.9 Å². The van der Waals surface area contributed by atoms with Gasteiger partial charge in [0.05, 0.1) is 12.6 Å². The van der Waals surface area contributed by atoms with Crippen LogP contribution in [0.2, 0.25) is 0 Å². The molecular weight excluding hydrogens is 272 g/mol. The summed E-state index contributed by atoms with van der Waals surface area (Å²) in [5, 5.41) is 6.53. The van der Waals surface area contributed by atoms with Gasteiger partial charge in [0.1, 0.15) is 0 Å². The molecule has 3 aromatic rings. The van der Waals surface area contributed by atoms with Crippen LogP contribution in [0.4, 0.5) is 0 Å². The lowest BCUT2D eigenvalue weighted by Crippen LogP contribution is -2.26. The number of furan rings is 1. The van der Waals surface area contributed by atoms with Crippen molar-refractivity contribution in [1.29, 1.82) is 0 Å². The number of imidazole rings is 1. The molecule has 0 spiro atoms. The standard InChI is InChI=1S/C14H14N4O3/c1-18-9-15-8-10(18)4-5-16-14(19)11-7-13(21-17-11)12-3-2-6-20-12/h2-3,6-9H,4-5H2,1H3,(H,16,19). The smallest absolute Gasteiger partial charge is 0.273 e. The van der Waals surface area contributed by atoms with Crippen molar-refractivity contribution in [2.75, 3.05) is 6.54 Å². The average Bonchev–Trinajstić information content (AvgIpc) is 3.19. The second-order valence-corrected chi connectivity index (χ2v) is 4.56. The van der Waals surface area contributed by atoms with Gasteiger partial charge in [0, 0.05) is 38.0 Å². The van der Waals surface area contributed by atoms with Crippen LogP contribution in [-0.4, -0.2) is 27.2 Å². The molecule has 21 heavy (non-hydrogen) atoms. The fraction of sp³-hybridized carbons (Fsp3) is 0.214. The summed E-state index contributed by atoms with van der Waals surface area (Å²) in [6.45, 7) is 0.501. The number of aromatic nitrogens is 3. The molecule has 0 saturated carbocycles. The summed E-state index contributed by atoms with van der Waals surface area (Å²) in [4.78, 5) is 16.0. The largest absolute Gasteiger partial charge is 0.461 e. The summed E-state index contributed by atoms with van der Waals surface area (Å²) in [5.41, 5.74) is 1.28. The zero-order chi connectivity index (χ0) is 14.7. The summed E-state index contributed by atoms with van der Waals surface area (Å²) < 4.78 is 12.2. The number of carbonyl (C=O) groups is 1. The van der Waals surface area contributed by atoms with Gasteiger partial charge >= 0.3 is 0 Å². The normalized spacial score (nSPS) is 10.7. The molecule has 0 fully saturated rings. The van der Waals surface area contributed by atoms with Crippen LogP contribution >= 0.6 is 0 Å². The first-order chi connectivity index (χ1) is 10.2. The Hall–Kier alpha value is -2.83. The van der Waals surface area contributed by atoms with E-state index in [0.717, 1.165) is 5.69 Å². The zero-order valence-corrected chi connectivity index (χ0v) is 11.4. The highest BCUT2D eigenvalue weighted by Crippen LogP contribution is 2.20. The van der Waals surface area contributed by atoms with Crippen molar-refractivity contribution in [3.8, 4) is 11.5 Å².